The first kappa shape index (κ1) is 25.6. The van der Waals surface area contributed by atoms with Crippen molar-refractivity contribution in [2.75, 3.05) is 9.80 Å². The highest BCUT2D eigenvalue weighted by Gasteiger charge is 2.54. The Hall–Kier alpha value is -3.66. The van der Waals surface area contributed by atoms with Crippen molar-refractivity contribution in [2.45, 2.75) is 33.1 Å². The van der Waals surface area contributed by atoms with Gasteiger partial charge in [0.15, 0.2) is 0 Å². The standard InChI is InChI=1S/C35H38N2O2/c1-7-26-17-20(3)30-32(26)22(5)36(34(30)38)28-13-9-24(10-14-28)19-25-11-15-29(16-12-25)37-23(6)33-27(8-2)18-21(4)31(33)35(37)39/h7-16,20-21,26-27,30-33H,1-2,5-6,17-19H2,3-4H3. The fourth-order valence-electron chi connectivity index (χ4n) is 8.10. The molecule has 39 heavy (non-hydrogen) atoms. The summed E-state index contributed by atoms with van der Waals surface area (Å²) >= 11 is 0. The lowest BCUT2D eigenvalue weighted by atomic mass is 9.89. The van der Waals surface area contributed by atoms with E-state index in [1.807, 2.05) is 46.2 Å². The Labute approximate surface area is 232 Å². The molecule has 8 atom stereocenters. The number of carbonyl (C=O) groups excluding carboxylic acids is 2. The van der Waals surface area contributed by atoms with Crippen LogP contribution >= 0.6 is 0 Å². The van der Waals surface area contributed by atoms with Crippen LogP contribution in [-0.2, 0) is 16.0 Å². The van der Waals surface area contributed by atoms with E-state index in [1.54, 1.807) is 0 Å². The average molecular weight is 519 g/mol. The molecule has 0 bridgehead atoms. The summed E-state index contributed by atoms with van der Waals surface area (Å²) in [5.41, 5.74) is 5.91. The van der Waals surface area contributed by atoms with Crippen molar-refractivity contribution in [3.63, 3.8) is 0 Å². The van der Waals surface area contributed by atoms with Gasteiger partial charge in [-0.25, -0.2) is 0 Å². The highest BCUT2D eigenvalue weighted by atomic mass is 16.2. The molecule has 2 aliphatic carbocycles. The largest absolute Gasteiger partial charge is 0.285 e. The zero-order valence-corrected chi connectivity index (χ0v) is 23.1. The molecular formula is C35H38N2O2. The minimum atomic E-state index is 0.00250. The fourth-order valence-corrected chi connectivity index (χ4v) is 8.10. The summed E-state index contributed by atoms with van der Waals surface area (Å²) in [6.07, 6.45) is 6.77. The first-order chi connectivity index (χ1) is 18.7. The summed E-state index contributed by atoms with van der Waals surface area (Å²) in [7, 11) is 0. The number of amides is 2. The van der Waals surface area contributed by atoms with Gasteiger partial charge in [0.1, 0.15) is 0 Å². The van der Waals surface area contributed by atoms with Crippen molar-refractivity contribution in [3.05, 3.63) is 110 Å². The summed E-state index contributed by atoms with van der Waals surface area (Å²) in [6, 6.07) is 16.5. The SMILES string of the molecule is C=CC1CC(C)C2C(=O)N(c3ccc(Cc4ccc(N5C(=C)C6C(C=C)CC(C)C6C5=O)cc4)cc3)C(=C)C12. The Kier molecular flexibility index (Phi) is 6.25. The van der Waals surface area contributed by atoms with E-state index < -0.39 is 0 Å². The molecule has 0 radical (unpaired) electrons. The van der Waals surface area contributed by atoms with Crippen molar-refractivity contribution in [1.29, 1.82) is 0 Å². The molecule has 4 nitrogen and oxygen atoms in total. The van der Waals surface area contributed by atoms with Gasteiger partial charge in [-0.2, -0.15) is 0 Å². The van der Waals surface area contributed by atoms with Crippen LogP contribution < -0.4 is 9.80 Å². The molecule has 200 valence electrons. The molecule has 8 unspecified atom stereocenters. The molecule has 2 heterocycles. The second-order valence-corrected chi connectivity index (χ2v) is 12.2. The third kappa shape index (κ3) is 3.87. The lowest BCUT2D eigenvalue weighted by Crippen LogP contribution is -2.28. The lowest BCUT2D eigenvalue weighted by molar-refractivity contribution is -0.122. The van der Waals surface area contributed by atoms with Crippen LogP contribution in [-0.4, -0.2) is 11.8 Å². The van der Waals surface area contributed by atoms with Crippen molar-refractivity contribution in [1.82, 2.24) is 0 Å². The Balaban J connectivity index is 1.15. The monoisotopic (exact) mass is 518 g/mol. The Morgan fingerprint density at radius 3 is 1.36 bits per heavy atom. The van der Waals surface area contributed by atoms with Gasteiger partial charge in [0, 0.05) is 34.6 Å². The van der Waals surface area contributed by atoms with Crippen LogP contribution in [0.15, 0.2) is 98.4 Å². The van der Waals surface area contributed by atoms with Gasteiger partial charge in [0.25, 0.3) is 0 Å². The van der Waals surface area contributed by atoms with E-state index in [-0.39, 0.29) is 35.5 Å². The highest BCUT2D eigenvalue weighted by Crippen LogP contribution is 2.53. The van der Waals surface area contributed by atoms with Crippen LogP contribution in [0.3, 0.4) is 0 Å². The third-order valence-electron chi connectivity index (χ3n) is 9.97. The van der Waals surface area contributed by atoms with Crippen LogP contribution in [0.2, 0.25) is 0 Å². The van der Waals surface area contributed by atoms with Crippen molar-refractivity contribution < 1.29 is 9.59 Å². The lowest BCUT2D eigenvalue weighted by Gasteiger charge is -2.23. The van der Waals surface area contributed by atoms with Crippen molar-refractivity contribution >= 4 is 23.2 Å². The minimum Gasteiger partial charge on any atom is -0.285 e. The van der Waals surface area contributed by atoms with Gasteiger partial charge in [-0.15, -0.1) is 13.2 Å². The molecule has 0 N–H and O–H groups in total. The molecule has 2 aromatic rings. The number of rotatable bonds is 6. The molecule has 0 aromatic heterocycles. The van der Waals surface area contributed by atoms with Gasteiger partial charge < -0.3 is 0 Å². The molecule has 2 amide bonds. The number of benzene rings is 2. The maximum Gasteiger partial charge on any atom is 0.235 e. The molecule has 0 spiro atoms. The fraction of sp³-hybridized carbons (Fsp3) is 0.371. The smallest absolute Gasteiger partial charge is 0.235 e. The molecule has 2 aromatic carbocycles. The van der Waals surface area contributed by atoms with Gasteiger partial charge in [0.05, 0.1) is 11.8 Å². The minimum absolute atomic E-state index is 0.00250. The summed E-state index contributed by atoms with van der Waals surface area (Å²) in [4.78, 5) is 30.3. The Morgan fingerprint density at radius 2 is 1.03 bits per heavy atom. The van der Waals surface area contributed by atoms with Crippen LogP contribution in [0.5, 0.6) is 0 Å². The summed E-state index contributed by atoms with van der Waals surface area (Å²) < 4.78 is 0. The number of fused-ring (bicyclic) bond motifs is 2. The topological polar surface area (TPSA) is 40.6 Å². The average Bonchev–Trinajstić information content (AvgIpc) is 3.61. The zero-order valence-electron chi connectivity index (χ0n) is 23.1. The molecule has 4 fully saturated rings. The summed E-state index contributed by atoms with van der Waals surface area (Å²) in [6.45, 7) is 21.0. The number of allylic oxidation sites excluding steroid dienone is 4. The van der Waals surface area contributed by atoms with Crippen LogP contribution in [0.4, 0.5) is 11.4 Å². The van der Waals surface area contributed by atoms with Gasteiger partial charge in [-0.1, -0.05) is 63.4 Å². The first-order valence-electron chi connectivity index (χ1n) is 14.2. The molecule has 2 aliphatic heterocycles. The second kappa shape index (κ2) is 9.51. The molecule has 4 aliphatic rings. The number of hydrogen-bond donors (Lipinski definition) is 0. The van der Waals surface area contributed by atoms with E-state index in [2.05, 4.69) is 64.4 Å². The molecule has 2 saturated heterocycles. The first-order valence-corrected chi connectivity index (χ1v) is 14.2. The summed E-state index contributed by atoms with van der Waals surface area (Å²) in [5, 5.41) is 0. The number of hydrogen-bond acceptors (Lipinski definition) is 2. The van der Waals surface area contributed by atoms with Crippen LogP contribution in [0, 0.1) is 47.3 Å². The summed E-state index contributed by atoms with van der Waals surface area (Å²) in [5.74, 6) is 1.97. The highest BCUT2D eigenvalue weighted by molar-refractivity contribution is 6.03. The van der Waals surface area contributed by atoms with E-state index >= 15 is 0 Å². The predicted molar refractivity (Wildman–Crippen MR) is 158 cm³/mol. The van der Waals surface area contributed by atoms with E-state index in [0.29, 0.717) is 23.7 Å². The normalized spacial score (nSPS) is 33.6. The Bertz CT molecular complexity index is 1260. The van der Waals surface area contributed by atoms with Crippen LogP contribution in [0.25, 0.3) is 0 Å². The molecule has 2 saturated carbocycles. The molecule has 4 heteroatoms. The zero-order chi connectivity index (χ0) is 27.6. The third-order valence-corrected chi connectivity index (χ3v) is 9.97. The van der Waals surface area contributed by atoms with Gasteiger partial charge >= 0.3 is 0 Å². The quantitative estimate of drug-likeness (QED) is 0.381. The maximum atomic E-state index is 13.3. The second-order valence-electron chi connectivity index (χ2n) is 12.2. The number of anilines is 2. The maximum absolute atomic E-state index is 13.3. The van der Waals surface area contributed by atoms with E-state index in [9.17, 15) is 9.59 Å². The van der Waals surface area contributed by atoms with Gasteiger partial charge in [-0.05, 0) is 78.3 Å². The molecule has 6 rings (SSSR count). The van der Waals surface area contributed by atoms with Crippen LogP contribution in [0.1, 0.15) is 37.8 Å². The Morgan fingerprint density at radius 1 is 0.667 bits per heavy atom. The number of carbonyl (C=O) groups is 2. The molecular weight excluding hydrogens is 480 g/mol. The van der Waals surface area contributed by atoms with E-state index in [0.717, 1.165) is 42.0 Å². The van der Waals surface area contributed by atoms with Gasteiger partial charge in [0.2, 0.25) is 11.8 Å². The predicted octanol–water partition coefficient (Wildman–Crippen LogP) is 7.15. The van der Waals surface area contributed by atoms with Crippen molar-refractivity contribution in [3.8, 4) is 0 Å². The van der Waals surface area contributed by atoms with Gasteiger partial charge in [-0.3, -0.25) is 19.4 Å². The number of nitrogens with zero attached hydrogens (tertiary/aromatic N) is 2. The van der Waals surface area contributed by atoms with E-state index in [4.69, 9.17) is 0 Å². The van der Waals surface area contributed by atoms with E-state index in [1.165, 1.54) is 11.1 Å². The van der Waals surface area contributed by atoms with Crippen molar-refractivity contribution in [2.24, 2.45) is 47.3 Å².